The van der Waals surface area contributed by atoms with Crippen LogP contribution in [0.2, 0.25) is 0 Å². The summed E-state index contributed by atoms with van der Waals surface area (Å²) < 4.78 is 19.7. The van der Waals surface area contributed by atoms with E-state index in [1.807, 2.05) is 24.3 Å². The highest BCUT2D eigenvalue weighted by Crippen LogP contribution is 2.44. The van der Waals surface area contributed by atoms with Crippen LogP contribution in [0.15, 0.2) is 48.5 Å². The number of nitrogens with two attached hydrogens (primary N) is 1. The fraction of sp³-hybridized carbons (Fsp3) is 0.158. The Morgan fingerprint density at radius 1 is 1.23 bits per heavy atom. The van der Waals surface area contributed by atoms with E-state index in [0.717, 1.165) is 10.4 Å². The first kappa shape index (κ1) is 16.5. The highest BCUT2D eigenvalue weighted by molar-refractivity contribution is 7.16. The topological polar surface area (TPSA) is 77.2 Å². The largest absolute Gasteiger partial charge is 0.488 e. The van der Waals surface area contributed by atoms with Gasteiger partial charge >= 0.3 is 0 Å². The Labute approximate surface area is 153 Å². The number of nitrogens with zero attached hydrogens (tertiary/aromatic N) is 1. The molecule has 26 heavy (non-hydrogen) atoms. The number of nitrogen functional groups attached to an aromatic ring is 1. The van der Waals surface area contributed by atoms with Gasteiger partial charge in [0.2, 0.25) is 5.91 Å². The van der Waals surface area contributed by atoms with Gasteiger partial charge in [0.25, 0.3) is 0 Å². The number of para-hydroxylation sites is 1. The molecule has 2 aromatic carbocycles. The number of aromatic nitrogens is 1. The summed E-state index contributed by atoms with van der Waals surface area (Å²) in [7, 11) is 0. The van der Waals surface area contributed by atoms with Gasteiger partial charge in [0.1, 0.15) is 24.0 Å². The molecular weight excluding hydrogens is 353 g/mol. The summed E-state index contributed by atoms with van der Waals surface area (Å²) in [6.07, 6.45) is 0.286. The molecule has 0 aliphatic carbocycles. The van der Waals surface area contributed by atoms with Gasteiger partial charge in [-0.25, -0.2) is 9.37 Å². The van der Waals surface area contributed by atoms with Gasteiger partial charge in [0, 0.05) is 23.5 Å². The summed E-state index contributed by atoms with van der Waals surface area (Å²) in [4.78, 5) is 17.2. The molecule has 3 N–H and O–H groups in total. The molecule has 2 heterocycles. The Balaban J connectivity index is 1.66. The molecule has 7 heteroatoms. The lowest BCUT2D eigenvalue weighted by Crippen LogP contribution is -2.23. The van der Waals surface area contributed by atoms with Gasteiger partial charge in [-0.2, -0.15) is 0 Å². The van der Waals surface area contributed by atoms with Gasteiger partial charge in [-0.1, -0.05) is 47.7 Å². The lowest BCUT2D eigenvalue weighted by molar-refractivity contribution is -0.116. The lowest BCUT2D eigenvalue weighted by Gasteiger charge is -2.23. The second-order valence-corrected chi connectivity index (χ2v) is 7.05. The summed E-state index contributed by atoms with van der Waals surface area (Å²) in [5.74, 6) is 0.521. The molecule has 3 aromatic rings. The second-order valence-electron chi connectivity index (χ2n) is 5.99. The van der Waals surface area contributed by atoms with Crippen LogP contribution in [0.5, 0.6) is 5.75 Å². The number of anilines is 2. The molecule has 0 saturated heterocycles. The molecule has 4 rings (SSSR count). The van der Waals surface area contributed by atoms with Gasteiger partial charge in [-0.05, 0) is 12.1 Å². The molecule has 0 saturated carbocycles. The van der Waals surface area contributed by atoms with E-state index in [-0.39, 0.29) is 30.7 Å². The minimum atomic E-state index is -0.306. The summed E-state index contributed by atoms with van der Waals surface area (Å²) in [5, 5.41) is 3.16. The third kappa shape index (κ3) is 3.13. The molecule has 0 fully saturated rings. The van der Waals surface area contributed by atoms with E-state index in [2.05, 4.69) is 10.3 Å². The van der Waals surface area contributed by atoms with Crippen molar-refractivity contribution in [1.29, 1.82) is 0 Å². The number of carbonyl (C=O) groups excluding carboxylic acids is 1. The molecule has 132 valence electrons. The quantitative estimate of drug-likeness (QED) is 0.731. The number of hydrogen-bond acceptors (Lipinski definition) is 5. The molecule has 0 spiro atoms. The van der Waals surface area contributed by atoms with Crippen LogP contribution >= 0.6 is 11.3 Å². The van der Waals surface area contributed by atoms with Crippen LogP contribution in [-0.2, 0) is 11.4 Å². The monoisotopic (exact) mass is 369 g/mol. The number of nitrogens with one attached hydrogen (secondary N) is 1. The van der Waals surface area contributed by atoms with E-state index < -0.39 is 0 Å². The molecule has 1 aliphatic heterocycles. The minimum Gasteiger partial charge on any atom is -0.488 e. The normalized spacial score (nSPS) is 16.0. The van der Waals surface area contributed by atoms with E-state index in [0.29, 0.717) is 22.3 Å². The first-order chi connectivity index (χ1) is 12.6. The maximum Gasteiger partial charge on any atom is 0.226 e. The van der Waals surface area contributed by atoms with Gasteiger partial charge in [0.05, 0.1) is 4.88 Å². The molecule has 1 aliphatic rings. The summed E-state index contributed by atoms with van der Waals surface area (Å²) >= 11 is 1.36. The van der Waals surface area contributed by atoms with Crippen molar-refractivity contribution in [2.45, 2.75) is 18.9 Å². The van der Waals surface area contributed by atoms with Crippen LogP contribution in [0.4, 0.5) is 15.3 Å². The van der Waals surface area contributed by atoms with Crippen molar-refractivity contribution in [3.05, 3.63) is 70.4 Å². The zero-order chi connectivity index (χ0) is 18.1. The number of ether oxygens (including phenoxy) is 1. The predicted molar refractivity (Wildman–Crippen MR) is 98.8 cm³/mol. The second kappa shape index (κ2) is 6.76. The maximum absolute atomic E-state index is 13.8. The SMILES string of the molecule is Nc1nc2c(s1)[C@H](c1ccccc1OCc1ccccc1F)CC(=O)N2. The number of halogens is 1. The van der Waals surface area contributed by atoms with E-state index >= 15 is 0 Å². The van der Waals surface area contributed by atoms with Crippen molar-refractivity contribution in [3.63, 3.8) is 0 Å². The standard InChI is InChI=1S/C19H16FN3O2S/c20-14-7-3-1-5-11(14)10-25-15-8-4-2-6-12(15)13-9-16(24)22-18-17(13)26-19(21)23-18/h1-8,13H,9-10H2,(H2,21,23)(H,22,24)/t13-/m0/s1. The van der Waals surface area contributed by atoms with Gasteiger partial charge < -0.3 is 15.8 Å². The molecule has 0 radical (unpaired) electrons. The highest BCUT2D eigenvalue weighted by Gasteiger charge is 2.31. The minimum absolute atomic E-state index is 0.111. The van der Waals surface area contributed by atoms with Crippen LogP contribution in [0.1, 0.15) is 28.3 Å². The number of carbonyl (C=O) groups is 1. The third-order valence-electron chi connectivity index (χ3n) is 4.27. The first-order valence-electron chi connectivity index (χ1n) is 8.13. The Hall–Kier alpha value is -2.93. The van der Waals surface area contributed by atoms with Crippen LogP contribution in [0, 0.1) is 5.82 Å². The molecule has 1 aromatic heterocycles. The van der Waals surface area contributed by atoms with E-state index in [1.165, 1.54) is 17.4 Å². The smallest absolute Gasteiger partial charge is 0.226 e. The summed E-state index contributed by atoms with van der Waals surface area (Å²) in [6, 6.07) is 14.0. The molecule has 5 nitrogen and oxygen atoms in total. The number of hydrogen-bond donors (Lipinski definition) is 2. The zero-order valence-electron chi connectivity index (χ0n) is 13.7. The van der Waals surface area contributed by atoms with Gasteiger partial charge in [-0.3, -0.25) is 4.79 Å². The predicted octanol–water partition coefficient (Wildman–Crippen LogP) is 3.92. The van der Waals surface area contributed by atoms with Crippen molar-refractivity contribution in [1.82, 2.24) is 4.98 Å². The Bertz CT molecular complexity index is 973. The maximum atomic E-state index is 13.8. The fourth-order valence-corrected chi connectivity index (χ4v) is 3.97. The van der Waals surface area contributed by atoms with Crippen molar-refractivity contribution in [3.8, 4) is 5.75 Å². The lowest BCUT2D eigenvalue weighted by atomic mass is 9.91. The van der Waals surface area contributed by atoms with Gasteiger partial charge in [-0.15, -0.1) is 0 Å². The number of thiazole rings is 1. The van der Waals surface area contributed by atoms with Crippen LogP contribution in [0.3, 0.4) is 0 Å². The Kier molecular flexibility index (Phi) is 4.30. The van der Waals surface area contributed by atoms with E-state index in [4.69, 9.17) is 10.5 Å². The highest BCUT2D eigenvalue weighted by atomic mass is 32.1. The zero-order valence-corrected chi connectivity index (χ0v) is 14.6. The van der Waals surface area contributed by atoms with Crippen molar-refractivity contribution >= 4 is 28.2 Å². The molecule has 0 unspecified atom stereocenters. The number of amides is 1. The molecule has 1 atom stereocenters. The van der Waals surface area contributed by atoms with Crippen molar-refractivity contribution in [2.75, 3.05) is 11.1 Å². The Morgan fingerprint density at radius 2 is 2.00 bits per heavy atom. The third-order valence-corrected chi connectivity index (χ3v) is 5.27. The first-order valence-corrected chi connectivity index (χ1v) is 8.94. The van der Waals surface area contributed by atoms with Crippen LogP contribution in [0.25, 0.3) is 0 Å². The number of rotatable bonds is 4. The average molecular weight is 369 g/mol. The van der Waals surface area contributed by atoms with E-state index in [1.54, 1.807) is 18.2 Å². The average Bonchev–Trinajstić information content (AvgIpc) is 3.00. The van der Waals surface area contributed by atoms with E-state index in [9.17, 15) is 9.18 Å². The van der Waals surface area contributed by atoms with Crippen LogP contribution < -0.4 is 15.8 Å². The molecular formula is C19H16FN3O2S. The van der Waals surface area contributed by atoms with Crippen molar-refractivity contribution < 1.29 is 13.9 Å². The fourth-order valence-electron chi connectivity index (χ4n) is 3.06. The molecule has 0 bridgehead atoms. The van der Waals surface area contributed by atoms with Crippen molar-refractivity contribution in [2.24, 2.45) is 0 Å². The molecule has 1 amide bonds. The number of fused-ring (bicyclic) bond motifs is 1. The van der Waals surface area contributed by atoms with Crippen LogP contribution in [-0.4, -0.2) is 10.9 Å². The van der Waals surface area contributed by atoms with Gasteiger partial charge in [0.15, 0.2) is 5.13 Å². The summed E-state index contributed by atoms with van der Waals surface area (Å²) in [6.45, 7) is 0.111. The summed E-state index contributed by atoms with van der Waals surface area (Å²) in [5.41, 5.74) is 7.16. The number of benzene rings is 2. The Morgan fingerprint density at radius 3 is 2.85 bits per heavy atom.